The van der Waals surface area contributed by atoms with E-state index in [4.69, 9.17) is 18.9 Å². The maximum atomic E-state index is 11.8. The summed E-state index contributed by atoms with van der Waals surface area (Å²) in [7, 11) is 0. The molecule has 0 saturated carbocycles. The van der Waals surface area contributed by atoms with Gasteiger partial charge in [0.15, 0.2) is 23.0 Å². The Bertz CT molecular complexity index is 3330. The third-order valence-corrected chi connectivity index (χ3v) is 13.6. The van der Waals surface area contributed by atoms with Crippen molar-refractivity contribution < 1.29 is 38.7 Å². The molecular formula is C56H37N3O8S2. The van der Waals surface area contributed by atoms with E-state index < -0.39 is 23.1 Å². The van der Waals surface area contributed by atoms with Gasteiger partial charge in [-0.2, -0.15) is 10.5 Å². The molecule has 2 aliphatic rings. The van der Waals surface area contributed by atoms with E-state index >= 15 is 0 Å². The van der Waals surface area contributed by atoms with Crippen molar-refractivity contribution in [2.45, 2.75) is 0 Å². The lowest BCUT2D eigenvalue weighted by Crippen LogP contribution is -2.15. The van der Waals surface area contributed by atoms with E-state index in [-0.39, 0.29) is 0 Å². The van der Waals surface area contributed by atoms with E-state index in [0.717, 1.165) is 70.6 Å². The monoisotopic (exact) mass is 943 g/mol. The highest BCUT2D eigenvalue weighted by atomic mass is 32.1. The van der Waals surface area contributed by atoms with Crippen LogP contribution in [-0.4, -0.2) is 48.6 Å². The quantitative estimate of drug-likeness (QED) is 0.0681. The Kier molecular flexibility index (Phi) is 12.2. The molecule has 336 valence electrons. The third kappa shape index (κ3) is 8.67. The Morgan fingerprint density at radius 2 is 0.899 bits per heavy atom. The summed E-state index contributed by atoms with van der Waals surface area (Å²) in [5.74, 6) is -0.823. The number of ether oxygens (including phenoxy) is 4. The number of hydrogen-bond donors (Lipinski definition) is 2. The molecule has 2 N–H and O–H groups in total. The number of carboxylic acids is 2. The van der Waals surface area contributed by atoms with E-state index in [0.29, 0.717) is 59.2 Å². The van der Waals surface area contributed by atoms with Gasteiger partial charge in [0.2, 0.25) is 0 Å². The molecule has 0 saturated heterocycles. The van der Waals surface area contributed by atoms with Crippen LogP contribution in [0.2, 0.25) is 0 Å². The Balaban J connectivity index is 1.19. The lowest BCUT2D eigenvalue weighted by atomic mass is 9.88. The largest absolute Gasteiger partial charge is 0.485 e. The maximum Gasteiger partial charge on any atom is 0.346 e. The molecular weight excluding hydrogens is 907 g/mol. The number of aliphatic carboxylic acids is 2. The van der Waals surface area contributed by atoms with Crippen LogP contribution in [0.25, 0.3) is 69.1 Å². The summed E-state index contributed by atoms with van der Waals surface area (Å²) in [6, 6.07) is 47.2. The van der Waals surface area contributed by atoms with Crippen molar-refractivity contribution in [2.24, 2.45) is 0 Å². The van der Waals surface area contributed by atoms with Crippen LogP contribution in [0.3, 0.4) is 0 Å². The van der Waals surface area contributed by atoms with Crippen molar-refractivity contribution in [1.82, 2.24) is 0 Å². The van der Waals surface area contributed by atoms with Gasteiger partial charge in [-0.05, 0) is 93.7 Å². The summed E-state index contributed by atoms with van der Waals surface area (Å²) >= 11 is 2.57. The number of fused-ring (bicyclic) bond motifs is 4. The molecule has 0 aliphatic carbocycles. The second-order valence-electron chi connectivity index (χ2n) is 15.7. The number of thiophene rings is 2. The lowest BCUT2D eigenvalue weighted by molar-refractivity contribution is -0.133. The van der Waals surface area contributed by atoms with Crippen molar-refractivity contribution in [1.29, 1.82) is 10.5 Å². The summed E-state index contributed by atoms with van der Waals surface area (Å²) in [6.45, 7) is 1.24. The van der Waals surface area contributed by atoms with Gasteiger partial charge in [-0.3, -0.25) is 0 Å². The third-order valence-electron chi connectivity index (χ3n) is 11.5. The summed E-state index contributed by atoms with van der Waals surface area (Å²) < 4.78 is 24.0. The number of para-hydroxylation sites is 2. The first kappa shape index (κ1) is 44.0. The van der Waals surface area contributed by atoms with Crippen molar-refractivity contribution in [3.05, 3.63) is 169 Å². The minimum atomic E-state index is -1.32. The molecule has 0 fully saturated rings. The second kappa shape index (κ2) is 19.1. The Morgan fingerprint density at radius 1 is 0.507 bits per heavy atom. The van der Waals surface area contributed by atoms with Crippen molar-refractivity contribution >= 4 is 110 Å². The topological polar surface area (TPSA) is 162 Å². The Labute approximate surface area is 403 Å². The number of anilines is 3. The van der Waals surface area contributed by atoms with Gasteiger partial charge in [0.05, 0.1) is 25.2 Å². The van der Waals surface area contributed by atoms with Gasteiger partial charge >= 0.3 is 11.9 Å². The van der Waals surface area contributed by atoms with Gasteiger partial charge in [0.25, 0.3) is 0 Å². The lowest BCUT2D eigenvalue weighted by Gasteiger charge is -2.29. The molecule has 2 aliphatic heterocycles. The molecule has 11 nitrogen and oxygen atoms in total. The average Bonchev–Trinajstić information content (AvgIpc) is 3.93. The summed E-state index contributed by atoms with van der Waals surface area (Å²) in [4.78, 5) is 28.2. The van der Waals surface area contributed by atoms with Gasteiger partial charge in [-0.1, -0.05) is 103 Å². The zero-order chi connectivity index (χ0) is 47.4. The van der Waals surface area contributed by atoms with Gasteiger partial charge < -0.3 is 34.1 Å². The fraction of sp³-hybridized carbons (Fsp3) is 0.0714. The van der Waals surface area contributed by atoms with Gasteiger partial charge in [0.1, 0.15) is 49.7 Å². The van der Waals surface area contributed by atoms with E-state index in [1.54, 1.807) is 12.1 Å². The fourth-order valence-corrected chi connectivity index (χ4v) is 10.5. The van der Waals surface area contributed by atoms with Crippen LogP contribution in [0.4, 0.5) is 17.1 Å². The molecule has 0 bridgehead atoms. The molecule has 4 heterocycles. The normalized spacial score (nSPS) is 13.4. The highest BCUT2D eigenvalue weighted by Crippen LogP contribution is 2.50. The summed E-state index contributed by atoms with van der Waals surface area (Å²) in [5, 5.41) is 42.2. The van der Waals surface area contributed by atoms with E-state index in [1.807, 2.05) is 78.9 Å². The minimum absolute atomic E-state index is 0.295. The van der Waals surface area contributed by atoms with Crippen molar-refractivity contribution in [3.63, 3.8) is 0 Å². The first-order chi connectivity index (χ1) is 33.8. The number of benzene rings is 6. The zero-order valence-electron chi connectivity index (χ0n) is 36.4. The number of carboxylic acid groups (broad SMARTS) is 2. The fourth-order valence-electron chi connectivity index (χ4n) is 8.46. The molecule has 8 aromatic rings. The van der Waals surface area contributed by atoms with Gasteiger partial charge in [0, 0.05) is 22.1 Å². The van der Waals surface area contributed by atoms with Crippen LogP contribution in [0.5, 0.6) is 23.0 Å². The van der Waals surface area contributed by atoms with Gasteiger partial charge in [-0.15, -0.1) is 22.7 Å². The van der Waals surface area contributed by atoms with Crippen LogP contribution in [0, 0.1) is 22.7 Å². The number of carbonyl (C=O) groups is 2. The SMILES string of the molecule is N#C/C(=C\c1sc(/C=C/c2ccc3c(N(c4ccccc4)c4ccccc4)c4ccc(/C=C/c5sc(/C=C(\C#N)C(=O)O)c6c5OCCO6)cc4c(-c4ccccc4)c3c2)c2c1OCCO2)C(=O)O. The summed E-state index contributed by atoms with van der Waals surface area (Å²) in [6.07, 6.45) is 10.5. The van der Waals surface area contributed by atoms with Gasteiger partial charge in [-0.25, -0.2) is 9.59 Å². The van der Waals surface area contributed by atoms with Crippen LogP contribution < -0.4 is 23.8 Å². The summed E-state index contributed by atoms with van der Waals surface area (Å²) in [5.41, 5.74) is 5.92. The second-order valence-corrected chi connectivity index (χ2v) is 17.9. The average molecular weight is 944 g/mol. The van der Waals surface area contributed by atoms with Crippen LogP contribution >= 0.6 is 22.7 Å². The van der Waals surface area contributed by atoms with Crippen LogP contribution in [0.1, 0.15) is 30.6 Å². The van der Waals surface area contributed by atoms with E-state index in [2.05, 4.69) is 77.7 Å². The van der Waals surface area contributed by atoms with Crippen LogP contribution in [0.15, 0.2) is 139 Å². The molecule has 6 aromatic carbocycles. The number of hydrogen-bond acceptors (Lipinski definition) is 11. The first-order valence-electron chi connectivity index (χ1n) is 21.7. The number of rotatable bonds is 12. The molecule has 69 heavy (non-hydrogen) atoms. The maximum absolute atomic E-state index is 11.8. The molecule has 0 spiro atoms. The molecule has 0 atom stereocenters. The predicted octanol–water partition coefficient (Wildman–Crippen LogP) is 13.1. The Morgan fingerprint density at radius 3 is 1.29 bits per heavy atom. The standard InChI is InChI=1S/C56H37N3O8S2/c57-32-37(55(60)61)30-47-53-51(64-24-26-66-53)45(68-47)22-18-34-16-20-41-43(28-34)49(36-10-4-1-5-11-36)44-29-35(19-23-46-52-54(67-27-25-65-52)48(69-46)31-38(33-58)56(62)63)17-21-42(44)50(41)59(39-12-6-2-7-13-39)40-14-8-3-9-15-40/h1-23,28-31H,24-27H2,(H,60,61)(H,62,63)/b22-18+,23-19+,37-30+,38-31+. The number of nitrogens with zero attached hydrogens (tertiary/aromatic N) is 3. The number of nitriles is 2. The molecule has 0 radical (unpaired) electrons. The van der Waals surface area contributed by atoms with Crippen LogP contribution in [-0.2, 0) is 9.59 Å². The predicted molar refractivity (Wildman–Crippen MR) is 272 cm³/mol. The zero-order valence-corrected chi connectivity index (χ0v) is 38.1. The molecule has 0 amide bonds. The molecule has 13 heteroatoms. The smallest absolute Gasteiger partial charge is 0.346 e. The van der Waals surface area contributed by atoms with E-state index in [1.165, 1.54) is 34.8 Å². The van der Waals surface area contributed by atoms with Crippen molar-refractivity contribution in [3.8, 4) is 46.3 Å². The molecule has 2 aromatic heterocycles. The first-order valence-corrected chi connectivity index (χ1v) is 23.3. The highest BCUT2D eigenvalue weighted by molar-refractivity contribution is 7.15. The van der Waals surface area contributed by atoms with E-state index in [9.17, 15) is 30.3 Å². The minimum Gasteiger partial charge on any atom is -0.485 e. The molecule has 10 rings (SSSR count). The van der Waals surface area contributed by atoms with Crippen molar-refractivity contribution in [2.75, 3.05) is 31.3 Å². The molecule has 0 unspecified atom stereocenters. The highest BCUT2D eigenvalue weighted by Gasteiger charge is 2.27. The Hall–Kier alpha value is -8.88.